The first kappa shape index (κ1) is 34.1. The van der Waals surface area contributed by atoms with Gasteiger partial charge in [-0.1, -0.05) is 12.1 Å². The van der Waals surface area contributed by atoms with Crippen molar-refractivity contribution in [1.82, 2.24) is 4.90 Å². The number of ether oxygens (including phenoxy) is 4. The fraction of sp³-hybridized carbons (Fsp3) is 0.636. The lowest BCUT2D eigenvalue weighted by atomic mass is 10.1. The second-order valence-electron chi connectivity index (χ2n) is 7.68. The molecule has 0 fully saturated rings. The summed E-state index contributed by atoms with van der Waals surface area (Å²) in [6.45, 7) is -0.286. The van der Waals surface area contributed by atoms with Crippen LogP contribution < -0.4 is 4.74 Å². The Morgan fingerprint density at radius 3 is 1.92 bits per heavy atom. The van der Waals surface area contributed by atoms with Gasteiger partial charge in [-0.3, -0.25) is 0 Å². The molecule has 224 valence electrons. The topological polar surface area (TPSA) is 94.5 Å². The van der Waals surface area contributed by atoms with Crippen molar-refractivity contribution in [3.63, 3.8) is 0 Å². The van der Waals surface area contributed by atoms with Crippen LogP contribution in [0.4, 0.5) is 44.3 Å². The van der Waals surface area contributed by atoms with E-state index in [-0.39, 0.29) is 32.0 Å². The summed E-state index contributed by atoms with van der Waals surface area (Å²) < 4.78 is 135. The van der Waals surface area contributed by atoms with Gasteiger partial charge in [0.15, 0.2) is 6.10 Å². The summed E-state index contributed by atoms with van der Waals surface area (Å²) in [5.41, 5.74) is 0.585. The maximum atomic E-state index is 13.5. The van der Waals surface area contributed by atoms with Crippen molar-refractivity contribution in [3.05, 3.63) is 29.8 Å². The zero-order valence-corrected chi connectivity index (χ0v) is 20.6. The van der Waals surface area contributed by atoms with Crippen LogP contribution in [0.5, 0.6) is 5.75 Å². The van der Waals surface area contributed by atoms with Gasteiger partial charge in [0, 0.05) is 19.6 Å². The van der Waals surface area contributed by atoms with Crippen LogP contribution in [0.1, 0.15) is 19.4 Å². The van der Waals surface area contributed by atoms with Crippen LogP contribution >= 0.6 is 0 Å². The number of aliphatic carboxylic acids is 1. The number of carboxylic acids is 1. The molecule has 1 N–H and O–H groups in total. The fourth-order valence-corrected chi connectivity index (χ4v) is 2.87. The second kappa shape index (κ2) is 13.9. The van der Waals surface area contributed by atoms with Gasteiger partial charge in [0.05, 0.1) is 19.8 Å². The number of rotatable bonds is 16. The Balaban J connectivity index is 2.76. The molecular weight excluding hydrogens is 561 g/mol. The highest BCUT2D eigenvalue weighted by Crippen LogP contribution is 2.53. The van der Waals surface area contributed by atoms with Crippen molar-refractivity contribution in [3.8, 4) is 5.75 Å². The van der Waals surface area contributed by atoms with E-state index in [1.807, 2.05) is 0 Å². The average molecular weight is 587 g/mol. The molecule has 17 heteroatoms. The number of amides is 1. The third-order valence-electron chi connectivity index (χ3n) is 4.90. The molecule has 0 heterocycles. The van der Waals surface area contributed by atoms with Gasteiger partial charge in [-0.25, -0.2) is 9.59 Å². The first-order valence-electron chi connectivity index (χ1n) is 11.2. The van der Waals surface area contributed by atoms with Crippen molar-refractivity contribution in [2.75, 3.05) is 39.5 Å². The molecular formula is C22H26F9NO7. The molecule has 0 saturated carbocycles. The molecule has 0 radical (unpaired) electrons. The Kier molecular flexibility index (Phi) is 12.2. The third-order valence-corrected chi connectivity index (χ3v) is 4.90. The quantitative estimate of drug-likeness (QED) is 0.272. The van der Waals surface area contributed by atoms with Gasteiger partial charge in [0.2, 0.25) is 0 Å². The second-order valence-corrected chi connectivity index (χ2v) is 7.68. The Bertz CT molecular complexity index is 927. The van der Waals surface area contributed by atoms with E-state index in [9.17, 15) is 49.1 Å². The number of carbonyl (C=O) groups excluding carboxylic acids is 1. The Morgan fingerprint density at radius 2 is 1.44 bits per heavy atom. The molecule has 1 atom stereocenters. The Morgan fingerprint density at radius 1 is 0.872 bits per heavy atom. The molecule has 0 aliphatic rings. The smallest absolute Gasteiger partial charge is 0.460 e. The highest BCUT2D eigenvalue weighted by molar-refractivity contribution is 5.72. The van der Waals surface area contributed by atoms with Crippen molar-refractivity contribution in [2.24, 2.45) is 0 Å². The van der Waals surface area contributed by atoms with Crippen LogP contribution in [-0.2, 0) is 25.4 Å². The summed E-state index contributed by atoms with van der Waals surface area (Å²) in [6, 6.07) is 5.95. The number of carbonyl (C=O) groups is 2. The van der Waals surface area contributed by atoms with Gasteiger partial charge in [0.1, 0.15) is 12.4 Å². The summed E-state index contributed by atoms with van der Waals surface area (Å²) in [7, 11) is 0. The summed E-state index contributed by atoms with van der Waals surface area (Å²) in [5.74, 6) is -15.0. The normalized spacial score (nSPS) is 13.6. The van der Waals surface area contributed by atoms with E-state index < -0.39 is 62.0 Å². The van der Waals surface area contributed by atoms with Gasteiger partial charge in [-0.15, -0.1) is 0 Å². The molecule has 0 saturated heterocycles. The lowest BCUT2D eigenvalue weighted by Gasteiger charge is -2.33. The standard InChI is InChI=1S/C22H26F9NO7/c1-3-36-16(17(33)34)13-14-5-7-15(8-6-14)38-11-9-32(18(35)37-4-2)10-12-39-22(30,31)20(25,26)19(23,24)21(27,28)29/h5-8,16H,3-4,9-13H2,1-2H3,(H,33,34). The monoisotopic (exact) mass is 587 g/mol. The van der Waals surface area contributed by atoms with Gasteiger partial charge in [-0.05, 0) is 31.5 Å². The molecule has 8 nitrogen and oxygen atoms in total. The summed E-state index contributed by atoms with van der Waals surface area (Å²) >= 11 is 0. The number of halogens is 9. The van der Waals surface area contributed by atoms with Crippen molar-refractivity contribution in [2.45, 2.75) is 50.5 Å². The van der Waals surface area contributed by atoms with Crippen LogP contribution in [0.15, 0.2) is 24.3 Å². The molecule has 39 heavy (non-hydrogen) atoms. The number of benzene rings is 1. The predicted octanol–water partition coefficient (Wildman–Crippen LogP) is 5.00. The van der Waals surface area contributed by atoms with E-state index >= 15 is 0 Å². The SMILES string of the molecule is CCOC(=O)N(CCOc1ccc(CC(OCC)C(=O)O)cc1)CCOC(F)(F)C(F)(F)C(F)(F)C(F)(F)F. The van der Waals surface area contributed by atoms with E-state index in [2.05, 4.69) is 9.47 Å². The molecule has 1 aromatic carbocycles. The zero-order chi connectivity index (χ0) is 30.1. The molecule has 0 aliphatic carbocycles. The number of hydrogen-bond acceptors (Lipinski definition) is 6. The summed E-state index contributed by atoms with van der Waals surface area (Å²) in [4.78, 5) is 23.8. The van der Waals surface area contributed by atoms with E-state index in [1.165, 1.54) is 31.2 Å². The van der Waals surface area contributed by atoms with Crippen LogP contribution in [0.3, 0.4) is 0 Å². The lowest BCUT2D eigenvalue weighted by Crippen LogP contribution is -2.62. The minimum absolute atomic E-state index is 0.0542. The van der Waals surface area contributed by atoms with E-state index in [0.29, 0.717) is 10.5 Å². The Hall–Kier alpha value is -2.95. The number of carboxylic acid groups (broad SMARTS) is 1. The van der Waals surface area contributed by atoms with Gasteiger partial charge < -0.3 is 29.0 Å². The Labute approximate surface area is 216 Å². The van der Waals surface area contributed by atoms with Crippen molar-refractivity contribution in [1.29, 1.82) is 0 Å². The predicted molar refractivity (Wildman–Crippen MR) is 114 cm³/mol. The van der Waals surface area contributed by atoms with Crippen molar-refractivity contribution < 1.29 is 73.2 Å². The molecule has 1 amide bonds. The third kappa shape index (κ3) is 9.05. The highest BCUT2D eigenvalue weighted by atomic mass is 19.4. The van der Waals surface area contributed by atoms with E-state index in [1.54, 1.807) is 6.92 Å². The van der Waals surface area contributed by atoms with Gasteiger partial charge in [-0.2, -0.15) is 39.5 Å². The van der Waals surface area contributed by atoms with Crippen LogP contribution in [0.25, 0.3) is 0 Å². The number of alkyl halides is 9. The number of nitrogens with zero attached hydrogens (tertiary/aromatic N) is 1. The van der Waals surface area contributed by atoms with Crippen LogP contribution in [-0.4, -0.2) is 91.8 Å². The molecule has 1 aromatic rings. The lowest BCUT2D eigenvalue weighted by molar-refractivity contribution is -0.443. The molecule has 1 unspecified atom stereocenters. The molecule has 0 bridgehead atoms. The average Bonchev–Trinajstić information content (AvgIpc) is 2.82. The summed E-state index contributed by atoms with van der Waals surface area (Å²) in [6.07, 6.45) is -15.4. The first-order chi connectivity index (χ1) is 17.9. The summed E-state index contributed by atoms with van der Waals surface area (Å²) in [5, 5.41) is 9.13. The zero-order valence-electron chi connectivity index (χ0n) is 20.6. The molecule has 0 spiro atoms. The minimum Gasteiger partial charge on any atom is -0.492 e. The molecule has 0 aromatic heterocycles. The minimum atomic E-state index is -7.11. The largest absolute Gasteiger partial charge is 0.492 e. The van der Waals surface area contributed by atoms with Crippen molar-refractivity contribution >= 4 is 12.1 Å². The first-order valence-corrected chi connectivity index (χ1v) is 11.2. The van der Waals surface area contributed by atoms with E-state index in [0.717, 1.165) is 0 Å². The number of hydrogen-bond donors (Lipinski definition) is 1. The maximum Gasteiger partial charge on any atom is 0.460 e. The van der Waals surface area contributed by atoms with Gasteiger partial charge >= 0.3 is 36.2 Å². The van der Waals surface area contributed by atoms with Crippen LogP contribution in [0, 0.1) is 0 Å². The maximum absolute atomic E-state index is 13.5. The molecule has 1 rings (SSSR count). The fourth-order valence-electron chi connectivity index (χ4n) is 2.87. The van der Waals surface area contributed by atoms with Gasteiger partial charge in [0.25, 0.3) is 0 Å². The van der Waals surface area contributed by atoms with Crippen LogP contribution in [0.2, 0.25) is 0 Å². The van der Waals surface area contributed by atoms with E-state index in [4.69, 9.17) is 14.6 Å². The highest BCUT2D eigenvalue weighted by Gasteiger charge is 2.82. The molecule has 0 aliphatic heterocycles.